The molecule has 0 aromatic rings. The SMILES string of the molecule is C=CCCOC(=O)[C@H]1[C@H]2C(=O)N([C@H](C)CO)C(C(=O)N(CC=C)CCCC)C23CC(C)[C@]1(C)O3. The minimum absolute atomic E-state index is 0.0586. The Bertz CT molecular complexity index is 830. The molecule has 1 spiro atoms. The van der Waals surface area contributed by atoms with Gasteiger partial charge in [-0.25, -0.2) is 0 Å². The number of likely N-dealkylation sites (tertiary alicyclic amines) is 1. The van der Waals surface area contributed by atoms with E-state index in [1.165, 1.54) is 4.90 Å². The summed E-state index contributed by atoms with van der Waals surface area (Å²) in [5, 5.41) is 9.97. The summed E-state index contributed by atoms with van der Waals surface area (Å²) < 4.78 is 12.2. The van der Waals surface area contributed by atoms with Crippen LogP contribution in [0.15, 0.2) is 25.3 Å². The number of carbonyl (C=O) groups is 3. The number of carbonyl (C=O) groups excluding carboxylic acids is 3. The van der Waals surface area contributed by atoms with Crippen LogP contribution in [0.1, 0.15) is 53.4 Å². The van der Waals surface area contributed by atoms with Gasteiger partial charge >= 0.3 is 5.97 Å². The summed E-state index contributed by atoms with van der Waals surface area (Å²) in [5.74, 6) is -2.73. The predicted molar refractivity (Wildman–Crippen MR) is 128 cm³/mol. The Kier molecular flexibility index (Phi) is 7.92. The predicted octanol–water partition coefficient (Wildman–Crippen LogP) is 2.31. The van der Waals surface area contributed by atoms with Gasteiger partial charge in [-0.1, -0.05) is 32.4 Å². The molecular weight excluding hydrogens is 436 g/mol. The summed E-state index contributed by atoms with van der Waals surface area (Å²) in [7, 11) is 0. The van der Waals surface area contributed by atoms with Gasteiger partial charge in [-0.3, -0.25) is 14.4 Å². The minimum Gasteiger partial charge on any atom is -0.465 e. The highest BCUT2D eigenvalue weighted by Gasteiger charge is 2.80. The highest BCUT2D eigenvalue weighted by molar-refractivity contribution is 5.98. The van der Waals surface area contributed by atoms with Crippen molar-refractivity contribution in [1.82, 2.24) is 9.80 Å². The lowest BCUT2D eigenvalue weighted by molar-refractivity contribution is -0.163. The number of amides is 2. The zero-order valence-corrected chi connectivity index (χ0v) is 21.0. The van der Waals surface area contributed by atoms with Gasteiger partial charge in [0.1, 0.15) is 17.6 Å². The van der Waals surface area contributed by atoms with Crippen LogP contribution < -0.4 is 0 Å². The molecule has 3 unspecified atom stereocenters. The van der Waals surface area contributed by atoms with Gasteiger partial charge in [-0.2, -0.15) is 0 Å². The first-order chi connectivity index (χ1) is 16.1. The third kappa shape index (κ3) is 3.98. The van der Waals surface area contributed by atoms with E-state index in [0.29, 0.717) is 25.9 Å². The Labute approximate surface area is 202 Å². The van der Waals surface area contributed by atoms with Crippen molar-refractivity contribution in [1.29, 1.82) is 0 Å². The molecule has 3 aliphatic heterocycles. The van der Waals surface area contributed by atoms with Crippen molar-refractivity contribution in [3.05, 3.63) is 25.3 Å². The van der Waals surface area contributed by atoms with Crippen LogP contribution in [0, 0.1) is 17.8 Å². The fraction of sp³-hybridized carbons (Fsp3) is 0.731. The van der Waals surface area contributed by atoms with Gasteiger partial charge < -0.3 is 24.4 Å². The van der Waals surface area contributed by atoms with Crippen LogP contribution >= 0.6 is 0 Å². The third-order valence-electron chi connectivity index (χ3n) is 7.99. The first-order valence-corrected chi connectivity index (χ1v) is 12.4. The topological polar surface area (TPSA) is 96.4 Å². The summed E-state index contributed by atoms with van der Waals surface area (Å²) >= 11 is 0. The Morgan fingerprint density at radius 2 is 2.09 bits per heavy atom. The van der Waals surface area contributed by atoms with Gasteiger partial charge in [-0.15, -0.1) is 13.2 Å². The number of fused-ring (bicyclic) bond motifs is 1. The number of ether oxygens (including phenoxy) is 2. The number of hydrogen-bond acceptors (Lipinski definition) is 6. The molecule has 0 saturated carbocycles. The van der Waals surface area contributed by atoms with Crippen molar-refractivity contribution in [2.24, 2.45) is 17.8 Å². The van der Waals surface area contributed by atoms with E-state index in [4.69, 9.17) is 9.47 Å². The number of aliphatic hydroxyl groups excluding tert-OH is 1. The van der Waals surface area contributed by atoms with E-state index in [1.807, 2.05) is 13.8 Å². The van der Waals surface area contributed by atoms with Crippen molar-refractivity contribution in [3.63, 3.8) is 0 Å². The molecule has 0 aromatic carbocycles. The first kappa shape index (κ1) is 26.4. The molecule has 8 nitrogen and oxygen atoms in total. The lowest BCUT2D eigenvalue weighted by atomic mass is 9.62. The zero-order valence-electron chi connectivity index (χ0n) is 21.0. The van der Waals surface area contributed by atoms with Gasteiger partial charge in [-0.05, 0) is 39.0 Å². The summed E-state index contributed by atoms with van der Waals surface area (Å²) in [6.45, 7) is 15.8. The number of rotatable bonds is 12. The highest BCUT2D eigenvalue weighted by Crippen LogP contribution is 2.65. The summed E-state index contributed by atoms with van der Waals surface area (Å²) in [6.07, 6.45) is 6.07. The van der Waals surface area contributed by atoms with E-state index in [1.54, 1.807) is 24.0 Å². The number of esters is 1. The Morgan fingerprint density at radius 1 is 1.38 bits per heavy atom. The number of hydrogen-bond donors (Lipinski definition) is 1. The second-order valence-corrected chi connectivity index (χ2v) is 10.2. The van der Waals surface area contributed by atoms with E-state index in [-0.39, 0.29) is 30.9 Å². The lowest BCUT2D eigenvalue weighted by Gasteiger charge is -2.38. The average Bonchev–Trinajstić information content (AvgIpc) is 3.32. The van der Waals surface area contributed by atoms with Crippen molar-refractivity contribution < 1.29 is 29.0 Å². The normalized spacial score (nSPS) is 34.6. The Balaban J connectivity index is 2.07. The third-order valence-corrected chi connectivity index (χ3v) is 7.99. The Hall–Kier alpha value is -2.19. The van der Waals surface area contributed by atoms with Crippen molar-refractivity contribution in [2.45, 2.75) is 76.7 Å². The van der Waals surface area contributed by atoms with E-state index < -0.39 is 41.1 Å². The molecule has 3 heterocycles. The molecule has 3 rings (SSSR count). The van der Waals surface area contributed by atoms with Gasteiger partial charge in [0.25, 0.3) is 0 Å². The van der Waals surface area contributed by atoms with Gasteiger partial charge in [0.15, 0.2) is 0 Å². The summed E-state index contributed by atoms with van der Waals surface area (Å²) in [6, 6.07) is -1.51. The maximum atomic E-state index is 14.0. The standard InChI is InChI=1S/C26H40N2O6/c1-7-10-13-27(12-9-3)23(31)21-26-15-17(4)25(6,34-26)20(24(32)33-14-11-8-2)19(26)22(30)28(21)18(5)16-29/h8-9,17-21,29H,2-3,7,10-16H2,1,4-6H3/t17?,18-,19+,20-,21?,25+,26?/m1/s1. The molecule has 3 fully saturated rings. The number of aliphatic hydroxyl groups is 1. The maximum Gasteiger partial charge on any atom is 0.312 e. The Morgan fingerprint density at radius 3 is 2.68 bits per heavy atom. The van der Waals surface area contributed by atoms with Crippen molar-refractivity contribution in [2.75, 3.05) is 26.3 Å². The molecule has 3 saturated heterocycles. The molecule has 3 aliphatic rings. The molecule has 190 valence electrons. The molecule has 7 atom stereocenters. The van der Waals surface area contributed by atoms with Crippen LogP contribution in [-0.4, -0.2) is 82.3 Å². The highest BCUT2D eigenvalue weighted by atomic mass is 16.6. The smallest absolute Gasteiger partial charge is 0.312 e. The van der Waals surface area contributed by atoms with E-state index >= 15 is 0 Å². The molecule has 0 aromatic heterocycles. The van der Waals surface area contributed by atoms with Gasteiger partial charge in [0.05, 0.1) is 30.8 Å². The van der Waals surface area contributed by atoms with Gasteiger partial charge in [0.2, 0.25) is 11.8 Å². The quantitative estimate of drug-likeness (QED) is 0.264. The van der Waals surface area contributed by atoms with Crippen molar-refractivity contribution in [3.8, 4) is 0 Å². The maximum absolute atomic E-state index is 14.0. The number of nitrogens with zero attached hydrogens (tertiary/aromatic N) is 2. The van der Waals surface area contributed by atoms with E-state index in [9.17, 15) is 19.5 Å². The molecule has 34 heavy (non-hydrogen) atoms. The van der Waals surface area contributed by atoms with Crippen LogP contribution in [0.3, 0.4) is 0 Å². The van der Waals surface area contributed by atoms with Gasteiger partial charge in [0, 0.05) is 13.1 Å². The first-order valence-electron chi connectivity index (χ1n) is 12.4. The molecule has 8 heteroatoms. The van der Waals surface area contributed by atoms with Crippen molar-refractivity contribution >= 4 is 17.8 Å². The largest absolute Gasteiger partial charge is 0.465 e. The fourth-order valence-electron chi connectivity index (χ4n) is 6.18. The monoisotopic (exact) mass is 476 g/mol. The van der Waals surface area contributed by atoms with E-state index in [2.05, 4.69) is 20.1 Å². The van der Waals surface area contributed by atoms with Crippen LogP contribution in [0.4, 0.5) is 0 Å². The van der Waals surface area contributed by atoms with Crippen LogP contribution in [-0.2, 0) is 23.9 Å². The fourth-order valence-corrected chi connectivity index (χ4v) is 6.18. The van der Waals surface area contributed by atoms with Crippen LogP contribution in [0.2, 0.25) is 0 Å². The molecule has 2 amide bonds. The summed E-state index contributed by atoms with van der Waals surface area (Å²) in [5.41, 5.74) is -2.05. The van der Waals surface area contributed by atoms with E-state index in [0.717, 1.165) is 12.8 Å². The average molecular weight is 477 g/mol. The lowest BCUT2D eigenvalue weighted by Crippen LogP contribution is -2.58. The second kappa shape index (κ2) is 10.2. The van der Waals surface area contributed by atoms with Crippen LogP contribution in [0.5, 0.6) is 0 Å². The molecular formula is C26H40N2O6. The van der Waals surface area contributed by atoms with Crippen LogP contribution in [0.25, 0.3) is 0 Å². The minimum atomic E-state index is -1.14. The summed E-state index contributed by atoms with van der Waals surface area (Å²) in [4.78, 5) is 44.4. The number of unbranched alkanes of at least 4 members (excludes halogenated alkanes) is 1. The second-order valence-electron chi connectivity index (χ2n) is 10.2. The zero-order chi connectivity index (χ0) is 25.3. The molecule has 1 N–H and O–H groups in total. The molecule has 2 bridgehead atoms. The molecule has 0 radical (unpaired) electrons. The molecule has 0 aliphatic carbocycles.